The Labute approximate surface area is 160 Å². The maximum atomic E-state index is 12.5. The SMILES string of the molecule is Cc1ccc(C(=O)N/C(=C\c2cccs2)C(=O)N[C@@H](CS)C(=O)O)cc1. The number of aliphatic carboxylic acids is 1. The van der Waals surface area contributed by atoms with E-state index in [-0.39, 0.29) is 11.4 Å². The van der Waals surface area contributed by atoms with Crippen LogP contribution in [0.15, 0.2) is 47.5 Å². The van der Waals surface area contributed by atoms with Gasteiger partial charge in [-0.3, -0.25) is 9.59 Å². The molecule has 0 spiro atoms. The van der Waals surface area contributed by atoms with Crippen molar-refractivity contribution in [2.45, 2.75) is 13.0 Å². The lowest BCUT2D eigenvalue weighted by Crippen LogP contribution is -2.45. The fourth-order valence-electron chi connectivity index (χ4n) is 1.99. The maximum Gasteiger partial charge on any atom is 0.327 e. The minimum absolute atomic E-state index is 0.0361. The van der Waals surface area contributed by atoms with Gasteiger partial charge in [0.15, 0.2) is 0 Å². The van der Waals surface area contributed by atoms with Gasteiger partial charge in [0.2, 0.25) is 0 Å². The molecular weight excluding hydrogens is 372 g/mol. The highest BCUT2D eigenvalue weighted by molar-refractivity contribution is 7.80. The molecule has 136 valence electrons. The highest BCUT2D eigenvalue weighted by Crippen LogP contribution is 2.13. The lowest BCUT2D eigenvalue weighted by atomic mass is 10.1. The van der Waals surface area contributed by atoms with Crippen molar-refractivity contribution >= 4 is 47.8 Å². The zero-order valence-corrected chi connectivity index (χ0v) is 15.6. The number of carbonyl (C=O) groups is 3. The molecule has 3 N–H and O–H groups in total. The van der Waals surface area contributed by atoms with Crippen molar-refractivity contribution in [1.29, 1.82) is 0 Å². The van der Waals surface area contributed by atoms with Crippen LogP contribution in [0.5, 0.6) is 0 Å². The summed E-state index contributed by atoms with van der Waals surface area (Å²) in [5.74, 6) is -2.42. The van der Waals surface area contributed by atoms with E-state index in [0.29, 0.717) is 5.56 Å². The Hall–Kier alpha value is -2.58. The first kappa shape index (κ1) is 19.7. The van der Waals surface area contributed by atoms with E-state index in [1.54, 1.807) is 30.3 Å². The molecule has 1 aromatic heterocycles. The number of rotatable bonds is 7. The van der Waals surface area contributed by atoms with Crippen LogP contribution in [0.3, 0.4) is 0 Å². The van der Waals surface area contributed by atoms with Gasteiger partial charge in [-0.1, -0.05) is 23.8 Å². The molecule has 1 heterocycles. The maximum absolute atomic E-state index is 12.5. The lowest BCUT2D eigenvalue weighted by molar-refractivity contribution is -0.140. The predicted octanol–water partition coefficient (Wildman–Crippen LogP) is 2.33. The molecule has 1 aromatic carbocycles. The van der Waals surface area contributed by atoms with E-state index in [1.165, 1.54) is 17.4 Å². The first-order valence-electron chi connectivity index (χ1n) is 7.68. The predicted molar refractivity (Wildman–Crippen MR) is 104 cm³/mol. The van der Waals surface area contributed by atoms with Gasteiger partial charge < -0.3 is 15.7 Å². The van der Waals surface area contributed by atoms with Crippen molar-refractivity contribution in [3.63, 3.8) is 0 Å². The van der Waals surface area contributed by atoms with E-state index in [2.05, 4.69) is 23.3 Å². The Morgan fingerprint density at radius 3 is 2.46 bits per heavy atom. The number of amides is 2. The molecule has 1 atom stereocenters. The number of benzene rings is 1. The first-order valence-corrected chi connectivity index (χ1v) is 9.19. The van der Waals surface area contributed by atoms with Crippen LogP contribution in [0.4, 0.5) is 0 Å². The van der Waals surface area contributed by atoms with Crippen LogP contribution in [0.1, 0.15) is 20.8 Å². The molecule has 2 aromatic rings. The van der Waals surface area contributed by atoms with Crippen molar-refractivity contribution in [1.82, 2.24) is 10.6 Å². The Kier molecular flexibility index (Phi) is 6.99. The Morgan fingerprint density at radius 2 is 1.92 bits per heavy atom. The molecule has 0 bridgehead atoms. The fourth-order valence-corrected chi connectivity index (χ4v) is 2.90. The van der Waals surface area contributed by atoms with Gasteiger partial charge >= 0.3 is 5.97 Å². The van der Waals surface area contributed by atoms with Crippen molar-refractivity contribution < 1.29 is 19.5 Å². The molecule has 0 unspecified atom stereocenters. The summed E-state index contributed by atoms with van der Waals surface area (Å²) in [6, 6.07) is 9.31. The summed E-state index contributed by atoms with van der Waals surface area (Å²) in [7, 11) is 0. The first-order chi connectivity index (χ1) is 12.4. The fraction of sp³-hybridized carbons (Fsp3) is 0.167. The molecular formula is C18H18N2O4S2. The van der Waals surface area contributed by atoms with E-state index >= 15 is 0 Å². The second kappa shape index (κ2) is 9.21. The van der Waals surface area contributed by atoms with Gasteiger partial charge in [0.25, 0.3) is 11.8 Å². The Bertz CT molecular complexity index is 814. The van der Waals surface area contributed by atoms with E-state index in [0.717, 1.165) is 10.4 Å². The number of hydrogen-bond donors (Lipinski definition) is 4. The number of nitrogens with one attached hydrogen (secondary N) is 2. The molecule has 8 heteroatoms. The number of carboxylic acid groups (broad SMARTS) is 1. The third kappa shape index (κ3) is 5.47. The van der Waals surface area contributed by atoms with E-state index in [9.17, 15) is 14.4 Å². The molecule has 0 fully saturated rings. The minimum atomic E-state index is -1.20. The summed E-state index contributed by atoms with van der Waals surface area (Å²) in [5, 5.41) is 15.8. The van der Waals surface area contributed by atoms with Crippen LogP contribution in [0.25, 0.3) is 6.08 Å². The lowest BCUT2D eigenvalue weighted by Gasteiger charge is -2.15. The van der Waals surface area contributed by atoms with Gasteiger partial charge in [-0.25, -0.2) is 4.79 Å². The van der Waals surface area contributed by atoms with Crippen LogP contribution >= 0.6 is 24.0 Å². The van der Waals surface area contributed by atoms with Crippen molar-refractivity contribution in [2.75, 3.05) is 5.75 Å². The van der Waals surface area contributed by atoms with Crippen molar-refractivity contribution in [2.24, 2.45) is 0 Å². The zero-order chi connectivity index (χ0) is 19.1. The molecule has 0 radical (unpaired) electrons. The largest absolute Gasteiger partial charge is 0.480 e. The third-order valence-corrected chi connectivity index (χ3v) is 4.61. The summed E-state index contributed by atoms with van der Waals surface area (Å²) >= 11 is 5.31. The number of thiophene rings is 1. The standard InChI is InChI=1S/C18H18N2O4S2/c1-11-4-6-12(7-5-11)16(21)19-14(9-13-3-2-8-26-13)17(22)20-15(10-25)18(23)24/h2-9,15,25H,10H2,1H3,(H,19,21)(H,20,22)(H,23,24)/b14-9-/t15-/m0/s1. The van der Waals surface area contributed by atoms with Gasteiger partial charge in [0.05, 0.1) is 0 Å². The van der Waals surface area contributed by atoms with Crippen LogP contribution in [0.2, 0.25) is 0 Å². The number of thiol groups is 1. The number of aryl methyl sites for hydroxylation is 1. The summed E-state index contributed by atoms with van der Waals surface area (Å²) in [4.78, 5) is 36.8. The topological polar surface area (TPSA) is 95.5 Å². The molecule has 0 saturated heterocycles. The molecule has 0 aliphatic carbocycles. The second-order valence-electron chi connectivity index (χ2n) is 5.44. The van der Waals surface area contributed by atoms with Gasteiger partial charge in [0, 0.05) is 16.2 Å². The molecule has 26 heavy (non-hydrogen) atoms. The quantitative estimate of drug-likeness (QED) is 0.431. The minimum Gasteiger partial charge on any atom is -0.480 e. The second-order valence-corrected chi connectivity index (χ2v) is 6.78. The average molecular weight is 390 g/mol. The molecule has 0 aliphatic rings. The number of hydrogen-bond acceptors (Lipinski definition) is 5. The normalized spacial score (nSPS) is 12.3. The van der Waals surface area contributed by atoms with Crippen LogP contribution in [-0.2, 0) is 9.59 Å². The molecule has 0 saturated carbocycles. The third-order valence-electron chi connectivity index (χ3n) is 3.42. The van der Waals surface area contributed by atoms with Gasteiger partial charge in [-0.2, -0.15) is 12.6 Å². The number of carboxylic acids is 1. The Balaban J connectivity index is 2.24. The van der Waals surface area contributed by atoms with Gasteiger partial charge in [-0.05, 0) is 36.6 Å². The summed E-state index contributed by atoms with van der Waals surface area (Å²) < 4.78 is 0. The smallest absolute Gasteiger partial charge is 0.327 e. The summed E-state index contributed by atoms with van der Waals surface area (Å²) in [5.41, 5.74) is 1.36. The number of carbonyl (C=O) groups excluding carboxylic acids is 2. The van der Waals surface area contributed by atoms with Crippen LogP contribution in [-0.4, -0.2) is 34.7 Å². The zero-order valence-electron chi connectivity index (χ0n) is 13.9. The molecule has 0 aliphatic heterocycles. The monoisotopic (exact) mass is 390 g/mol. The van der Waals surface area contributed by atoms with Gasteiger partial charge in [-0.15, -0.1) is 11.3 Å². The Morgan fingerprint density at radius 1 is 1.23 bits per heavy atom. The summed E-state index contributed by atoms with van der Waals surface area (Å²) in [6.07, 6.45) is 1.50. The van der Waals surface area contributed by atoms with Crippen LogP contribution in [0, 0.1) is 6.92 Å². The molecule has 6 nitrogen and oxygen atoms in total. The summed E-state index contributed by atoms with van der Waals surface area (Å²) in [6.45, 7) is 1.90. The van der Waals surface area contributed by atoms with E-state index < -0.39 is 23.8 Å². The van der Waals surface area contributed by atoms with E-state index in [4.69, 9.17) is 5.11 Å². The highest BCUT2D eigenvalue weighted by atomic mass is 32.1. The van der Waals surface area contributed by atoms with E-state index in [1.807, 2.05) is 18.4 Å². The van der Waals surface area contributed by atoms with Gasteiger partial charge in [0.1, 0.15) is 11.7 Å². The molecule has 2 amide bonds. The van der Waals surface area contributed by atoms with Crippen molar-refractivity contribution in [3.8, 4) is 0 Å². The molecule has 2 rings (SSSR count). The highest BCUT2D eigenvalue weighted by Gasteiger charge is 2.22. The van der Waals surface area contributed by atoms with Crippen LogP contribution < -0.4 is 10.6 Å². The van der Waals surface area contributed by atoms with Crippen molar-refractivity contribution in [3.05, 3.63) is 63.5 Å². The average Bonchev–Trinajstić information content (AvgIpc) is 3.12.